The van der Waals surface area contributed by atoms with Gasteiger partial charge in [-0.1, -0.05) is 23.1 Å². The van der Waals surface area contributed by atoms with Crippen molar-refractivity contribution in [3.8, 4) is 36.4 Å². The van der Waals surface area contributed by atoms with Crippen LogP contribution in [0.4, 0.5) is 51.1 Å². The van der Waals surface area contributed by atoms with Crippen LogP contribution >= 0.6 is 0 Å². The van der Waals surface area contributed by atoms with Crippen LogP contribution in [0.1, 0.15) is 40.2 Å². The third-order valence-electron chi connectivity index (χ3n) is 9.02. The quantitative estimate of drug-likeness (QED) is 0.165. The van der Waals surface area contributed by atoms with Gasteiger partial charge in [0.2, 0.25) is 5.70 Å². The van der Waals surface area contributed by atoms with Gasteiger partial charge in [0.05, 0.1) is 23.3 Å². The van der Waals surface area contributed by atoms with Crippen molar-refractivity contribution in [3.63, 3.8) is 0 Å². The number of benzene rings is 1. The van der Waals surface area contributed by atoms with E-state index in [0.29, 0.717) is 0 Å². The molecule has 3 aliphatic rings. The van der Waals surface area contributed by atoms with Gasteiger partial charge in [-0.3, -0.25) is 0 Å². The Kier molecular flexibility index (Phi) is 9.60. The van der Waals surface area contributed by atoms with Crippen molar-refractivity contribution in [2.75, 3.05) is 0 Å². The van der Waals surface area contributed by atoms with E-state index >= 15 is 26.3 Å². The fourth-order valence-electron chi connectivity index (χ4n) is 6.50. The van der Waals surface area contributed by atoms with Gasteiger partial charge in [-0.05, 0) is 0 Å². The van der Waals surface area contributed by atoms with Crippen LogP contribution in [0.3, 0.4) is 0 Å². The number of aromatic nitrogens is 6. The molecule has 0 radical (unpaired) electrons. The topological polar surface area (TPSA) is 233 Å². The fourth-order valence-corrected chi connectivity index (χ4v) is 6.50. The van der Waals surface area contributed by atoms with E-state index in [2.05, 4.69) is 44.4 Å². The SMILES string of the molecule is [C-]#[N+]C(=C1C(F)=c2c(c3c(c4c2=C(F)/C(=C(\C#N)c2nc(C#N)c(F)c([N+]#[C-])n2)C=4F)=C(F)/C(=C(\C#N)c2nc(C#N)c(F)c([N+]#[C-])n2)C=3F)=C1F)c1nc(C#N)c(F)c(C#N)n1. The highest BCUT2D eigenvalue weighted by Gasteiger charge is 2.39. The first kappa shape index (κ1) is 40.9. The molecule has 3 aliphatic carbocycles. The minimum absolute atomic E-state index is 1.22. The first-order chi connectivity index (χ1) is 30.1. The molecule has 4 aromatic rings. The molecule has 0 saturated heterocycles. The zero-order chi connectivity index (χ0) is 45.9. The van der Waals surface area contributed by atoms with Crippen molar-refractivity contribution in [3.05, 3.63) is 140 Å². The van der Waals surface area contributed by atoms with Crippen molar-refractivity contribution in [1.29, 1.82) is 31.6 Å². The lowest BCUT2D eigenvalue weighted by atomic mass is 10.1. The van der Waals surface area contributed by atoms with Crippen LogP contribution in [0.15, 0.2) is 16.7 Å². The third-order valence-corrected chi connectivity index (χ3v) is 9.02. The highest BCUT2D eigenvalue weighted by Crippen LogP contribution is 2.37. The van der Waals surface area contributed by atoms with E-state index in [0.717, 1.165) is 0 Å². The molecule has 24 heteroatoms. The van der Waals surface area contributed by atoms with Gasteiger partial charge in [0, 0.05) is 31.3 Å². The van der Waals surface area contributed by atoms with Gasteiger partial charge in [-0.2, -0.15) is 41.5 Å². The molecule has 0 saturated carbocycles. The molecule has 63 heavy (non-hydrogen) atoms. The minimum atomic E-state index is -2.12. The molecule has 15 nitrogen and oxygen atoms in total. The Morgan fingerprint density at radius 2 is 0.683 bits per heavy atom. The standard InChI is InChI=1S/C39F9N15/c1-55-34(39-60-12(6-51)25(40)13(7-52)61-39)24-32(47)22-20-18(28(43)16(30(20)45)10(4-49)35-58-14(8-53)26(41)37(56-2)62-35)19-21(23(22)33(24)48)31(46)17(29(19)44)11(5-50)36-59-15(9-54)27(42)38(57-3)63-36/b16-10-,17-11+,34-24?. The molecular formula is C39F9N15. The third kappa shape index (κ3) is 5.54. The van der Waals surface area contributed by atoms with E-state index in [9.17, 15) is 44.7 Å². The Labute approximate surface area is 340 Å². The van der Waals surface area contributed by atoms with Gasteiger partial charge in [0.25, 0.3) is 11.6 Å². The van der Waals surface area contributed by atoms with Gasteiger partial charge in [0.15, 0.2) is 46.1 Å². The molecular weight excluding hydrogens is 850 g/mol. The number of hydrogen-bond acceptors (Lipinski definition) is 12. The van der Waals surface area contributed by atoms with Crippen LogP contribution in [0.2, 0.25) is 0 Å². The molecule has 0 atom stereocenters. The molecule has 0 bridgehead atoms. The average Bonchev–Trinajstić information content (AvgIpc) is 3.80. The Bertz CT molecular complexity index is 3300. The van der Waals surface area contributed by atoms with Crippen LogP contribution in [0.25, 0.3) is 66.3 Å². The van der Waals surface area contributed by atoms with Crippen molar-refractivity contribution < 1.29 is 39.5 Å². The fraction of sp³-hybridized carbons (Fsp3) is 0. The summed E-state index contributed by atoms with van der Waals surface area (Å²) in [5.41, 5.74) is -14.1. The minimum Gasteiger partial charge on any atom is -0.358 e. The van der Waals surface area contributed by atoms with Crippen LogP contribution < -0.4 is 31.3 Å². The van der Waals surface area contributed by atoms with Gasteiger partial charge in [-0.25, -0.2) is 54.3 Å². The molecule has 294 valence electrons. The molecule has 3 aromatic heterocycles. The van der Waals surface area contributed by atoms with Gasteiger partial charge < -0.3 is 9.69 Å². The molecule has 1 aromatic carbocycles. The average molecular weight is 850 g/mol. The van der Waals surface area contributed by atoms with Crippen LogP contribution in [0.5, 0.6) is 0 Å². The molecule has 0 aliphatic heterocycles. The van der Waals surface area contributed by atoms with E-state index in [4.69, 9.17) is 19.7 Å². The Hall–Kier alpha value is -10.3. The number of allylic oxidation sites excluding steroid dienone is 5. The maximum atomic E-state index is 17.1. The van der Waals surface area contributed by atoms with E-state index in [-0.39, 0.29) is 0 Å². The smallest absolute Gasteiger partial charge is 0.310 e. The van der Waals surface area contributed by atoms with Crippen LogP contribution in [-0.4, -0.2) is 29.9 Å². The Balaban J connectivity index is 1.81. The second-order valence-corrected chi connectivity index (χ2v) is 12.0. The number of nitriles is 6. The zero-order valence-corrected chi connectivity index (χ0v) is 29.6. The van der Waals surface area contributed by atoms with Crippen molar-refractivity contribution in [2.45, 2.75) is 0 Å². The van der Waals surface area contributed by atoms with Gasteiger partial charge >= 0.3 is 11.6 Å². The predicted molar refractivity (Wildman–Crippen MR) is 187 cm³/mol. The van der Waals surface area contributed by atoms with E-state index < -0.39 is 169 Å². The first-order valence-corrected chi connectivity index (χ1v) is 16.1. The highest BCUT2D eigenvalue weighted by atomic mass is 19.2. The Morgan fingerprint density at radius 1 is 0.397 bits per heavy atom. The summed E-state index contributed by atoms with van der Waals surface area (Å²) in [5, 5.41) is 48.5. The maximum Gasteiger partial charge on any atom is 0.310 e. The summed E-state index contributed by atoms with van der Waals surface area (Å²) in [6.07, 6.45) is 0. The maximum absolute atomic E-state index is 17.1. The summed E-state index contributed by atoms with van der Waals surface area (Å²) < 4.78 is 146. The highest BCUT2D eigenvalue weighted by molar-refractivity contribution is 6.03. The number of fused-ring (bicyclic) bond motifs is 6. The monoisotopic (exact) mass is 849 g/mol. The van der Waals surface area contributed by atoms with E-state index in [1.54, 1.807) is 0 Å². The normalized spacial score (nSPS) is 15.6. The summed E-state index contributed by atoms with van der Waals surface area (Å²) in [4.78, 5) is 28.7. The molecule has 3 heterocycles. The Morgan fingerprint density at radius 3 is 0.952 bits per heavy atom. The molecule has 0 fully saturated rings. The second kappa shape index (κ2) is 14.8. The summed E-state index contributed by atoms with van der Waals surface area (Å²) in [6.45, 7) is 22.0. The summed E-state index contributed by atoms with van der Waals surface area (Å²) >= 11 is 0. The number of halogens is 9. The summed E-state index contributed by atoms with van der Waals surface area (Å²) in [6, 6.07) is 7.41. The van der Waals surface area contributed by atoms with Gasteiger partial charge in [-0.15, -0.1) is 0 Å². The number of nitrogens with zero attached hydrogens (tertiary/aromatic N) is 15. The summed E-state index contributed by atoms with van der Waals surface area (Å²) in [7, 11) is 0. The largest absolute Gasteiger partial charge is 0.358 e. The molecule has 7 rings (SSSR count). The van der Waals surface area contributed by atoms with Crippen LogP contribution in [0, 0.1) is 105 Å². The van der Waals surface area contributed by atoms with Crippen molar-refractivity contribution >= 4 is 63.4 Å². The number of hydrogen-bond donors (Lipinski definition) is 0. The number of rotatable bonds is 3. The molecule has 0 spiro atoms. The van der Waals surface area contributed by atoms with E-state index in [1.807, 2.05) is 0 Å². The van der Waals surface area contributed by atoms with E-state index in [1.165, 1.54) is 36.4 Å². The summed E-state index contributed by atoms with van der Waals surface area (Å²) in [5.74, 6) is -23.8. The lowest BCUT2D eigenvalue weighted by molar-refractivity contribution is 0.602. The van der Waals surface area contributed by atoms with Crippen molar-refractivity contribution in [2.24, 2.45) is 0 Å². The first-order valence-electron chi connectivity index (χ1n) is 16.1. The lowest BCUT2D eigenvalue weighted by Gasteiger charge is -2.05. The lowest BCUT2D eigenvalue weighted by Crippen LogP contribution is -2.64. The zero-order valence-electron chi connectivity index (χ0n) is 29.6. The molecule has 0 unspecified atom stereocenters. The van der Waals surface area contributed by atoms with Gasteiger partial charge in [0.1, 0.15) is 82.5 Å². The van der Waals surface area contributed by atoms with Crippen molar-refractivity contribution in [1.82, 2.24) is 29.9 Å². The molecule has 0 amide bonds. The molecule has 0 N–H and O–H groups in total. The second-order valence-electron chi connectivity index (χ2n) is 12.0. The predicted octanol–water partition coefficient (Wildman–Crippen LogP) is 2.85. The van der Waals surface area contributed by atoms with Crippen LogP contribution in [-0.2, 0) is 0 Å².